The van der Waals surface area contributed by atoms with Crippen molar-refractivity contribution in [3.05, 3.63) is 65.9 Å². The highest BCUT2D eigenvalue weighted by Crippen LogP contribution is 2.34. The molecule has 2 N–H and O–H groups in total. The highest BCUT2D eigenvalue weighted by Gasteiger charge is 2.30. The zero-order valence-electron chi connectivity index (χ0n) is 21.8. The van der Waals surface area contributed by atoms with Crippen molar-refractivity contribution in [1.82, 2.24) is 20.5 Å². The standard InChI is InChI=1S/C29H36N4O3S/c1-20(2)33(23-11-8-14-30-18-23)29(35)25-17-27(37-16-15-31-21(3)34)24-12-7-13-26(28(24)32-25)36-19-22-9-5-4-6-10-22/h4-7,9-10,12-13,17,20,23,30H,8,11,14-16,18-19H2,1-3H3,(H,31,34)/t23-/m1/s1. The SMILES string of the molecule is CC(=O)NCCSc1cc(C(=O)N(C(C)C)[C@@H]2CCCNC2)nc2c(OCc3ccccc3)cccc12. The van der Waals surface area contributed by atoms with Crippen molar-refractivity contribution in [2.24, 2.45) is 0 Å². The number of para-hydroxylation sites is 1. The summed E-state index contributed by atoms with van der Waals surface area (Å²) in [5.41, 5.74) is 2.16. The lowest BCUT2D eigenvalue weighted by molar-refractivity contribution is -0.118. The molecule has 0 radical (unpaired) electrons. The maximum atomic E-state index is 13.9. The highest BCUT2D eigenvalue weighted by atomic mass is 32.2. The molecule has 1 aliphatic rings. The monoisotopic (exact) mass is 520 g/mol. The minimum absolute atomic E-state index is 0.0512. The molecular formula is C29H36N4O3S. The molecule has 0 bridgehead atoms. The Labute approximate surface area is 223 Å². The van der Waals surface area contributed by atoms with Crippen LogP contribution in [0.25, 0.3) is 10.9 Å². The molecule has 2 aromatic carbocycles. The Hall–Kier alpha value is -3.10. The van der Waals surface area contributed by atoms with Crippen molar-refractivity contribution in [3.63, 3.8) is 0 Å². The van der Waals surface area contributed by atoms with Gasteiger partial charge in [0, 0.05) is 48.1 Å². The van der Waals surface area contributed by atoms with Crippen LogP contribution >= 0.6 is 11.8 Å². The van der Waals surface area contributed by atoms with Gasteiger partial charge in [0.2, 0.25) is 5.91 Å². The number of fused-ring (bicyclic) bond motifs is 1. The maximum absolute atomic E-state index is 13.9. The molecule has 4 rings (SSSR count). The molecule has 2 amide bonds. The lowest BCUT2D eigenvalue weighted by atomic mass is 10.0. The maximum Gasteiger partial charge on any atom is 0.273 e. The van der Waals surface area contributed by atoms with Crippen molar-refractivity contribution in [2.75, 3.05) is 25.4 Å². The normalized spacial score (nSPS) is 15.5. The fraction of sp³-hybridized carbons (Fsp3) is 0.414. The van der Waals surface area contributed by atoms with Gasteiger partial charge < -0.3 is 20.3 Å². The molecule has 0 unspecified atom stereocenters. The Morgan fingerprint density at radius 1 is 1.19 bits per heavy atom. The van der Waals surface area contributed by atoms with Crippen LogP contribution < -0.4 is 15.4 Å². The van der Waals surface area contributed by atoms with Gasteiger partial charge in [0.1, 0.15) is 23.6 Å². The van der Waals surface area contributed by atoms with E-state index < -0.39 is 0 Å². The van der Waals surface area contributed by atoms with Gasteiger partial charge in [-0.15, -0.1) is 11.8 Å². The predicted octanol–water partition coefficient (Wildman–Crippen LogP) is 4.64. The number of nitrogens with one attached hydrogen (secondary N) is 2. The van der Waals surface area contributed by atoms with Gasteiger partial charge in [-0.1, -0.05) is 42.5 Å². The summed E-state index contributed by atoms with van der Waals surface area (Å²) in [6.07, 6.45) is 2.03. The molecule has 1 aromatic heterocycles. The van der Waals surface area contributed by atoms with E-state index in [9.17, 15) is 9.59 Å². The van der Waals surface area contributed by atoms with Gasteiger partial charge in [-0.05, 0) is 50.9 Å². The molecule has 1 atom stereocenters. The summed E-state index contributed by atoms with van der Waals surface area (Å²) in [4.78, 5) is 33.1. The van der Waals surface area contributed by atoms with E-state index in [1.165, 1.54) is 6.92 Å². The second-order valence-corrected chi connectivity index (χ2v) is 10.7. The Bertz CT molecular complexity index is 1210. The van der Waals surface area contributed by atoms with Gasteiger partial charge >= 0.3 is 0 Å². The van der Waals surface area contributed by atoms with Gasteiger partial charge in [0.15, 0.2) is 0 Å². The molecule has 0 saturated carbocycles. The first-order valence-electron chi connectivity index (χ1n) is 12.9. The van der Waals surface area contributed by atoms with Crippen molar-refractivity contribution in [3.8, 4) is 5.75 Å². The summed E-state index contributed by atoms with van der Waals surface area (Å²) < 4.78 is 6.21. The van der Waals surface area contributed by atoms with Crippen LogP contribution in [0, 0.1) is 0 Å². The third-order valence-corrected chi connectivity index (χ3v) is 7.47. The Balaban J connectivity index is 1.70. The quantitative estimate of drug-likeness (QED) is 0.299. The summed E-state index contributed by atoms with van der Waals surface area (Å²) in [5.74, 6) is 1.21. The number of pyridine rings is 1. The van der Waals surface area contributed by atoms with Crippen LogP contribution in [0.1, 0.15) is 49.7 Å². The van der Waals surface area contributed by atoms with E-state index in [1.54, 1.807) is 11.8 Å². The summed E-state index contributed by atoms with van der Waals surface area (Å²) in [6.45, 7) is 8.37. The van der Waals surface area contributed by atoms with E-state index in [0.29, 0.717) is 35.9 Å². The molecular weight excluding hydrogens is 484 g/mol. The predicted molar refractivity (Wildman–Crippen MR) is 149 cm³/mol. The Morgan fingerprint density at radius 2 is 2.00 bits per heavy atom. The molecule has 7 nitrogen and oxygen atoms in total. The first-order chi connectivity index (χ1) is 17.9. The molecule has 37 heavy (non-hydrogen) atoms. The lowest BCUT2D eigenvalue weighted by Crippen LogP contribution is -2.51. The molecule has 2 heterocycles. The molecule has 3 aromatic rings. The van der Waals surface area contributed by atoms with Crippen LogP contribution in [-0.2, 0) is 11.4 Å². The zero-order valence-corrected chi connectivity index (χ0v) is 22.6. The van der Waals surface area contributed by atoms with Crippen molar-refractivity contribution in [1.29, 1.82) is 0 Å². The number of nitrogens with zero attached hydrogens (tertiary/aromatic N) is 2. The largest absolute Gasteiger partial charge is 0.487 e. The van der Waals surface area contributed by atoms with Crippen LogP contribution in [0.2, 0.25) is 0 Å². The number of ether oxygens (including phenoxy) is 1. The van der Waals surface area contributed by atoms with E-state index in [1.807, 2.05) is 59.5 Å². The van der Waals surface area contributed by atoms with Crippen LogP contribution in [-0.4, -0.2) is 59.2 Å². The molecule has 1 aliphatic heterocycles. The highest BCUT2D eigenvalue weighted by molar-refractivity contribution is 7.99. The zero-order chi connectivity index (χ0) is 26.2. The number of carbonyl (C=O) groups is 2. The fourth-order valence-electron chi connectivity index (χ4n) is 4.69. The third-order valence-electron chi connectivity index (χ3n) is 6.41. The molecule has 0 aliphatic carbocycles. The minimum atomic E-state index is -0.0628. The molecule has 196 valence electrons. The van der Waals surface area contributed by atoms with Crippen molar-refractivity contribution >= 4 is 34.5 Å². The number of hydrogen-bond donors (Lipinski definition) is 2. The average molecular weight is 521 g/mol. The first kappa shape index (κ1) is 26.9. The topological polar surface area (TPSA) is 83.6 Å². The summed E-state index contributed by atoms with van der Waals surface area (Å²) in [5, 5.41) is 7.21. The van der Waals surface area contributed by atoms with Crippen LogP contribution in [0.5, 0.6) is 5.75 Å². The number of carbonyl (C=O) groups excluding carboxylic acids is 2. The second-order valence-electron chi connectivity index (χ2n) is 9.57. The van der Waals surface area contributed by atoms with E-state index in [2.05, 4.69) is 24.5 Å². The summed E-state index contributed by atoms with van der Waals surface area (Å²) in [7, 11) is 0. The second kappa shape index (κ2) is 12.9. The lowest BCUT2D eigenvalue weighted by Gasteiger charge is -2.37. The van der Waals surface area contributed by atoms with Gasteiger partial charge in [-0.2, -0.15) is 0 Å². The van der Waals surface area contributed by atoms with Gasteiger partial charge in [-0.25, -0.2) is 4.98 Å². The fourth-order valence-corrected chi connectivity index (χ4v) is 5.62. The smallest absolute Gasteiger partial charge is 0.273 e. The Kier molecular flexibility index (Phi) is 9.41. The number of hydrogen-bond acceptors (Lipinski definition) is 6. The number of piperidine rings is 1. The number of amides is 2. The van der Waals surface area contributed by atoms with E-state index >= 15 is 0 Å². The number of benzene rings is 2. The number of thioether (sulfide) groups is 1. The third kappa shape index (κ3) is 7.02. The van der Waals surface area contributed by atoms with Crippen molar-refractivity contribution in [2.45, 2.75) is 57.2 Å². The van der Waals surface area contributed by atoms with Gasteiger partial charge in [0.05, 0.1) is 0 Å². The van der Waals surface area contributed by atoms with Crippen LogP contribution in [0.3, 0.4) is 0 Å². The first-order valence-corrected chi connectivity index (χ1v) is 13.9. The number of aromatic nitrogens is 1. The molecule has 8 heteroatoms. The molecule has 1 fully saturated rings. The van der Waals surface area contributed by atoms with Crippen molar-refractivity contribution < 1.29 is 14.3 Å². The minimum Gasteiger partial charge on any atom is -0.487 e. The summed E-state index contributed by atoms with van der Waals surface area (Å²) in [6, 6.07) is 18.0. The van der Waals surface area contributed by atoms with E-state index in [-0.39, 0.29) is 23.9 Å². The van der Waals surface area contributed by atoms with Crippen LogP contribution in [0.15, 0.2) is 59.5 Å². The average Bonchev–Trinajstić information content (AvgIpc) is 2.90. The van der Waals surface area contributed by atoms with E-state index in [4.69, 9.17) is 9.72 Å². The Morgan fingerprint density at radius 3 is 2.70 bits per heavy atom. The molecule has 1 saturated heterocycles. The van der Waals surface area contributed by atoms with E-state index in [0.717, 1.165) is 41.8 Å². The summed E-state index contributed by atoms with van der Waals surface area (Å²) >= 11 is 1.61. The van der Waals surface area contributed by atoms with Gasteiger partial charge in [-0.3, -0.25) is 9.59 Å². The van der Waals surface area contributed by atoms with Gasteiger partial charge in [0.25, 0.3) is 5.91 Å². The molecule has 0 spiro atoms. The van der Waals surface area contributed by atoms with Crippen LogP contribution in [0.4, 0.5) is 0 Å². The number of rotatable bonds is 10.